The highest BCUT2D eigenvalue weighted by atomic mass is 79.9. The molecule has 134 valence electrons. The zero-order chi connectivity index (χ0) is 16.8. The summed E-state index contributed by atoms with van der Waals surface area (Å²) in [5.74, 6) is 0.882. The molecule has 0 unspecified atom stereocenters. The molecule has 2 aliphatic rings. The van der Waals surface area contributed by atoms with Crippen LogP contribution in [0.1, 0.15) is 37.7 Å². The fourth-order valence-electron chi connectivity index (χ4n) is 3.98. The van der Waals surface area contributed by atoms with Crippen molar-refractivity contribution >= 4 is 15.9 Å². The summed E-state index contributed by atoms with van der Waals surface area (Å²) in [5, 5.41) is 3.72. The summed E-state index contributed by atoms with van der Waals surface area (Å²) in [6, 6.07) is 6.30. The Hall–Kier alpha value is -0.620. The van der Waals surface area contributed by atoms with Crippen LogP contribution in [0.25, 0.3) is 0 Å². The number of rotatable bonds is 6. The lowest BCUT2D eigenvalue weighted by Crippen LogP contribution is -2.59. The predicted molar refractivity (Wildman–Crippen MR) is 101 cm³/mol. The molecule has 2 saturated heterocycles. The number of nitrogens with zero attached hydrogens (tertiary/aromatic N) is 1. The van der Waals surface area contributed by atoms with E-state index in [1.165, 1.54) is 37.9 Å². The zero-order valence-corrected chi connectivity index (χ0v) is 16.2. The van der Waals surface area contributed by atoms with Crippen molar-refractivity contribution in [2.45, 2.75) is 44.2 Å². The zero-order valence-electron chi connectivity index (χ0n) is 14.7. The van der Waals surface area contributed by atoms with Gasteiger partial charge >= 0.3 is 0 Å². The normalized spacial score (nSPS) is 21.6. The number of ether oxygens (including phenoxy) is 2. The third-order valence-corrected chi connectivity index (χ3v) is 6.07. The smallest absolute Gasteiger partial charge is 0.133 e. The minimum Gasteiger partial charge on any atom is -0.496 e. The van der Waals surface area contributed by atoms with Crippen molar-refractivity contribution in [3.63, 3.8) is 0 Å². The van der Waals surface area contributed by atoms with Crippen LogP contribution in [0.4, 0.5) is 0 Å². The molecule has 0 atom stereocenters. The highest BCUT2D eigenvalue weighted by Gasteiger charge is 2.38. The molecule has 0 bridgehead atoms. The highest BCUT2D eigenvalue weighted by molar-refractivity contribution is 9.10. The van der Waals surface area contributed by atoms with Crippen LogP contribution in [-0.2, 0) is 11.3 Å². The summed E-state index contributed by atoms with van der Waals surface area (Å²) in [6.45, 7) is 6.21. The van der Waals surface area contributed by atoms with Crippen LogP contribution in [0.3, 0.4) is 0 Å². The topological polar surface area (TPSA) is 33.7 Å². The number of piperidine rings is 1. The molecule has 4 nitrogen and oxygen atoms in total. The fraction of sp³-hybridized carbons (Fsp3) is 0.684. The summed E-state index contributed by atoms with van der Waals surface area (Å²) in [5.41, 5.74) is 1.56. The van der Waals surface area contributed by atoms with Gasteiger partial charge in [-0.2, -0.15) is 0 Å². The molecule has 2 heterocycles. The van der Waals surface area contributed by atoms with E-state index in [0.717, 1.165) is 49.4 Å². The lowest BCUT2D eigenvalue weighted by molar-refractivity contribution is -0.0358. The van der Waals surface area contributed by atoms with E-state index < -0.39 is 0 Å². The van der Waals surface area contributed by atoms with Gasteiger partial charge in [0.05, 0.1) is 11.6 Å². The summed E-state index contributed by atoms with van der Waals surface area (Å²) in [7, 11) is 1.70. The third kappa shape index (κ3) is 4.31. The average Bonchev–Trinajstić information content (AvgIpc) is 2.63. The van der Waals surface area contributed by atoms with E-state index in [9.17, 15) is 0 Å². The molecule has 3 rings (SSSR count). The molecular formula is C19H29BrN2O2. The van der Waals surface area contributed by atoms with Crippen LogP contribution in [0.5, 0.6) is 5.75 Å². The Bertz CT molecular complexity index is 526. The number of methoxy groups -OCH3 is 1. The summed E-state index contributed by atoms with van der Waals surface area (Å²) in [4.78, 5) is 2.73. The SMILES string of the molecule is COc1ccc(CNCC2(N3CCCCC3)CCOCC2)cc1Br. The number of benzene rings is 1. The van der Waals surface area contributed by atoms with Gasteiger partial charge in [-0.15, -0.1) is 0 Å². The molecular weight excluding hydrogens is 368 g/mol. The van der Waals surface area contributed by atoms with Crippen molar-refractivity contribution in [2.24, 2.45) is 0 Å². The van der Waals surface area contributed by atoms with Crippen LogP contribution >= 0.6 is 15.9 Å². The Morgan fingerprint density at radius 2 is 1.96 bits per heavy atom. The van der Waals surface area contributed by atoms with Gasteiger partial charge in [-0.3, -0.25) is 4.90 Å². The predicted octanol–water partition coefficient (Wildman–Crippen LogP) is 3.58. The Kier molecular flexibility index (Phi) is 6.56. The summed E-state index contributed by atoms with van der Waals surface area (Å²) >= 11 is 3.57. The van der Waals surface area contributed by atoms with Crippen LogP contribution < -0.4 is 10.1 Å². The minimum absolute atomic E-state index is 0.280. The van der Waals surface area contributed by atoms with Gasteiger partial charge in [0.15, 0.2) is 0 Å². The van der Waals surface area contributed by atoms with Crippen LogP contribution in [0, 0.1) is 0 Å². The van der Waals surface area contributed by atoms with Crippen molar-refractivity contribution in [1.29, 1.82) is 0 Å². The highest BCUT2D eigenvalue weighted by Crippen LogP contribution is 2.30. The molecule has 1 aromatic carbocycles. The standard InChI is InChI=1S/C19H29BrN2O2/c1-23-18-6-5-16(13-17(18)20)14-21-15-19(7-11-24-12-8-19)22-9-3-2-4-10-22/h5-6,13,21H,2-4,7-12,14-15H2,1H3. The number of hydrogen-bond acceptors (Lipinski definition) is 4. The van der Waals surface area contributed by atoms with Gasteiger partial charge in [0.2, 0.25) is 0 Å². The van der Waals surface area contributed by atoms with Crippen molar-refractivity contribution in [3.8, 4) is 5.75 Å². The summed E-state index contributed by atoms with van der Waals surface area (Å²) < 4.78 is 12.0. The van der Waals surface area contributed by atoms with E-state index in [-0.39, 0.29) is 5.54 Å². The molecule has 0 saturated carbocycles. The molecule has 2 fully saturated rings. The monoisotopic (exact) mass is 396 g/mol. The van der Waals surface area contributed by atoms with Gasteiger partial charge in [0.1, 0.15) is 5.75 Å². The van der Waals surface area contributed by atoms with E-state index in [2.05, 4.69) is 38.3 Å². The quantitative estimate of drug-likeness (QED) is 0.796. The fourth-order valence-corrected chi connectivity index (χ4v) is 4.57. The Balaban J connectivity index is 1.60. The van der Waals surface area contributed by atoms with E-state index >= 15 is 0 Å². The largest absolute Gasteiger partial charge is 0.496 e. The number of likely N-dealkylation sites (tertiary alicyclic amines) is 1. The van der Waals surface area contributed by atoms with E-state index in [0.29, 0.717) is 0 Å². The van der Waals surface area contributed by atoms with Crippen molar-refractivity contribution in [3.05, 3.63) is 28.2 Å². The maximum atomic E-state index is 5.65. The maximum absolute atomic E-state index is 5.65. The minimum atomic E-state index is 0.280. The molecule has 0 aromatic heterocycles. The molecule has 0 radical (unpaired) electrons. The van der Waals surface area contributed by atoms with Crippen molar-refractivity contribution in [2.75, 3.05) is 40.0 Å². The Morgan fingerprint density at radius 1 is 1.21 bits per heavy atom. The maximum Gasteiger partial charge on any atom is 0.133 e. The Labute approximate surface area is 154 Å². The number of nitrogens with one attached hydrogen (secondary N) is 1. The van der Waals surface area contributed by atoms with Gasteiger partial charge in [0.25, 0.3) is 0 Å². The molecule has 5 heteroatoms. The van der Waals surface area contributed by atoms with Crippen molar-refractivity contribution < 1.29 is 9.47 Å². The van der Waals surface area contributed by atoms with Gasteiger partial charge < -0.3 is 14.8 Å². The second-order valence-corrected chi connectivity index (χ2v) is 7.81. The second kappa shape index (κ2) is 8.65. The average molecular weight is 397 g/mol. The van der Waals surface area contributed by atoms with Crippen LogP contribution in [0.2, 0.25) is 0 Å². The first-order valence-electron chi connectivity index (χ1n) is 9.09. The third-order valence-electron chi connectivity index (χ3n) is 5.45. The first kappa shape index (κ1) is 18.2. The van der Waals surface area contributed by atoms with E-state index in [1.54, 1.807) is 7.11 Å². The lowest BCUT2D eigenvalue weighted by Gasteiger charge is -2.48. The van der Waals surface area contributed by atoms with Crippen LogP contribution in [-0.4, -0.2) is 50.4 Å². The first-order valence-corrected chi connectivity index (χ1v) is 9.89. The van der Waals surface area contributed by atoms with Gasteiger partial charge in [-0.05, 0) is 72.4 Å². The van der Waals surface area contributed by atoms with E-state index in [4.69, 9.17) is 9.47 Å². The molecule has 0 aliphatic carbocycles. The number of halogens is 1. The van der Waals surface area contributed by atoms with Gasteiger partial charge in [-0.1, -0.05) is 12.5 Å². The molecule has 1 aromatic rings. The van der Waals surface area contributed by atoms with Crippen LogP contribution in [0.15, 0.2) is 22.7 Å². The second-order valence-electron chi connectivity index (χ2n) is 6.96. The van der Waals surface area contributed by atoms with E-state index in [1.807, 2.05) is 6.07 Å². The molecule has 1 N–H and O–H groups in total. The van der Waals surface area contributed by atoms with Gasteiger partial charge in [0, 0.05) is 31.8 Å². The molecule has 0 amide bonds. The van der Waals surface area contributed by atoms with Gasteiger partial charge in [-0.25, -0.2) is 0 Å². The van der Waals surface area contributed by atoms with Crippen molar-refractivity contribution in [1.82, 2.24) is 10.2 Å². The lowest BCUT2D eigenvalue weighted by atomic mass is 9.86. The number of hydrogen-bond donors (Lipinski definition) is 1. The molecule has 2 aliphatic heterocycles. The summed E-state index contributed by atoms with van der Waals surface area (Å²) in [6.07, 6.45) is 6.36. The molecule has 0 spiro atoms. The Morgan fingerprint density at radius 3 is 2.62 bits per heavy atom. The molecule has 24 heavy (non-hydrogen) atoms. The first-order chi connectivity index (χ1) is 11.7.